The molecule has 2 rings (SSSR count). The second-order valence-electron chi connectivity index (χ2n) is 3.89. The van der Waals surface area contributed by atoms with E-state index in [9.17, 15) is 9.50 Å². The molecule has 0 heterocycles. The normalized spacial score (nSPS) is 12.2. The third-order valence-electron chi connectivity index (χ3n) is 2.48. The van der Waals surface area contributed by atoms with Gasteiger partial charge in [-0.3, -0.25) is 0 Å². The molecule has 0 saturated carbocycles. The van der Waals surface area contributed by atoms with Gasteiger partial charge in [0, 0.05) is 5.56 Å². The Balaban J connectivity index is 2.34. The Morgan fingerprint density at radius 2 is 1.89 bits per heavy atom. The van der Waals surface area contributed by atoms with Gasteiger partial charge < -0.3 is 9.84 Å². The Morgan fingerprint density at radius 1 is 1.17 bits per heavy atom. The van der Waals surface area contributed by atoms with Crippen LogP contribution in [-0.4, -0.2) is 5.11 Å². The van der Waals surface area contributed by atoms with Gasteiger partial charge in [-0.2, -0.15) is 0 Å². The van der Waals surface area contributed by atoms with Gasteiger partial charge in [0.05, 0.1) is 11.1 Å². The molecule has 94 valence electrons. The van der Waals surface area contributed by atoms with Gasteiger partial charge in [-0.05, 0) is 31.2 Å². The van der Waals surface area contributed by atoms with E-state index in [2.05, 4.69) is 0 Å². The minimum absolute atomic E-state index is 0.190. The first kappa shape index (κ1) is 12.9. The lowest BCUT2D eigenvalue weighted by Crippen LogP contribution is -1.96. The lowest BCUT2D eigenvalue weighted by molar-refractivity contribution is 0.195. The van der Waals surface area contributed by atoms with E-state index < -0.39 is 11.9 Å². The van der Waals surface area contributed by atoms with Crippen molar-refractivity contribution >= 4 is 11.6 Å². The number of aliphatic hydroxyl groups excluding tert-OH is 1. The largest absolute Gasteiger partial charge is 0.455 e. The zero-order valence-electron chi connectivity index (χ0n) is 9.73. The Labute approximate surface area is 110 Å². The Morgan fingerprint density at radius 3 is 2.56 bits per heavy atom. The summed E-state index contributed by atoms with van der Waals surface area (Å²) in [6.07, 6.45) is -0.652. The molecule has 0 spiro atoms. The molecule has 0 radical (unpaired) electrons. The van der Waals surface area contributed by atoms with Crippen molar-refractivity contribution in [2.45, 2.75) is 13.0 Å². The summed E-state index contributed by atoms with van der Waals surface area (Å²) in [6, 6.07) is 11.0. The molecule has 0 aromatic heterocycles. The number of hydrogen-bond acceptors (Lipinski definition) is 2. The maximum atomic E-state index is 12.9. The minimum Gasteiger partial charge on any atom is -0.455 e. The maximum absolute atomic E-state index is 12.9. The fraction of sp³-hybridized carbons (Fsp3) is 0.143. The SMILES string of the molecule is C[C@@H](O)c1ccccc1Oc1ccc(F)cc1Cl. The maximum Gasteiger partial charge on any atom is 0.146 e. The molecule has 0 aliphatic carbocycles. The molecule has 0 bridgehead atoms. The average molecular weight is 267 g/mol. The van der Waals surface area contributed by atoms with Gasteiger partial charge >= 0.3 is 0 Å². The van der Waals surface area contributed by atoms with E-state index in [0.29, 0.717) is 17.1 Å². The fourth-order valence-corrected chi connectivity index (χ4v) is 1.80. The minimum atomic E-state index is -0.652. The zero-order valence-corrected chi connectivity index (χ0v) is 10.5. The summed E-state index contributed by atoms with van der Waals surface area (Å²) in [5.74, 6) is 0.434. The van der Waals surface area contributed by atoms with E-state index in [-0.39, 0.29) is 5.02 Å². The highest BCUT2D eigenvalue weighted by Gasteiger charge is 2.11. The summed E-state index contributed by atoms with van der Waals surface area (Å²) in [7, 11) is 0. The number of aliphatic hydroxyl groups is 1. The Bertz CT molecular complexity index is 555. The van der Waals surface area contributed by atoms with E-state index >= 15 is 0 Å². The molecule has 0 amide bonds. The summed E-state index contributed by atoms with van der Waals surface area (Å²) < 4.78 is 18.5. The summed E-state index contributed by atoms with van der Waals surface area (Å²) in [5, 5.41) is 9.81. The van der Waals surface area contributed by atoms with Crippen LogP contribution < -0.4 is 4.74 Å². The van der Waals surface area contributed by atoms with Crippen molar-refractivity contribution in [1.82, 2.24) is 0 Å². The molecule has 4 heteroatoms. The van der Waals surface area contributed by atoms with Gasteiger partial charge in [0.25, 0.3) is 0 Å². The molecule has 18 heavy (non-hydrogen) atoms. The first-order valence-electron chi connectivity index (χ1n) is 5.48. The van der Waals surface area contributed by atoms with Crippen molar-refractivity contribution < 1.29 is 14.2 Å². The van der Waals surface area contributed by atoms with Crippen LogP contribution in [0.4, 0.5) is 4.39 Å². The lowest BCUT2D eigenvalue weighted by atomic mass is 10.1. The van der Waals surface area contributed by atoms with Crippen LogP contribution in [0.15, 0.2) is 42.5 Å². The Kier molecular flexibility index (Phi) is 3.84. The van der Waals surface area contributed by atoms with Gasteiger partial charge in [0.2, 0.25) is 0 Å². The third-order valence-corrected chi connectivity index (χ3v) is 2.78. The molecule has 0 fully saturated rings. The molecule has 0 unspecified atom stereocenters. The van der Waals surface area contributed by atoms with Gasteiger partial charge in [0.1, 0.15) is 17.3 Å². The predicted octanol–water partition coefficient (Wildman–Crippen LogP) is 4.32. The second kappa shape index (κ2) is 5.38. The zero-order chi connectivity index (χ0) is 13.1. The van der Waals surface area contributed by atoms with Crippen molar-refractivity contribution in [3.8, 4) is 11.5 Å². The van der Waals surface area contributed by atoms with E-state index in [1.807, 2.05) is 0 Å². The molecule has 0 aliphatic rings. The fourth-order valence-electron chi connectivity index (χ4n) is 1.60. The van der Waals surface area contributed by atoms with Crippen LogP contribution in [0.3, 0.4) is 0 Å². The summed E-state index contributed by atoms with van der Waals surface area (Å²) >= 11 is 5.88. The van der Waals surface area contributed by atoms with Crippen LogP contribution >= 0.6 is 11.6 Å². The van der Waals surface area contributed by atoms with Gasteiger partial charge in [-0.25, -0.2) is 4.39 Å². The summed E-state index contributed by atoms with van der Waals surface area (Å²) in [6.45, 7) is 1.65. The van der Waals surface area contributed by atoms with Crippen molar-refractivity contribution in [2.75, 3.05) is 0 Å². The highest BCUT2D eigenvalue weighted by atomic mass is 35.5. The van der Waals surface area contributed by atoms with Gasteiger partial charge in [-0.1, -0.05) is 29.8 Å². The highest BCUT2D eigenvalue weighted by molar-refractivity contribution is 6.32. The molecule has 0 saturated heterocycles. The molecule has 2 aromatic rings. The van der Waals surface area contributed by atoms with E-state index in [1.165, 1.54) is 18.2 Å². The van der Waals surface area contributed by atoms with Crippen LogP contribution in [0, 0.1) is 5.82 Å². The molecule has 2 nitrogen and oxygen atoms in total. The van der Waals surface area contributed by atoms with Crippen LogP contribution in [0.5, 0.6) is 11.5 Å². The predicted molar refractivity (Wildman–Crippen MR) is 68.6 cm³/mol. The number of rotatable bonds is 3. The summed E-state index contributed by atoms with van der Waals surface area (Å²) in [5.41, 5.74) is 0.651. The average Bonchev–Trinajstić information content (AvgIpc) is 2.33. The van der Waals surface area contributed by atoms with Crippen molar-refractivity contribution in [3.05, 3.63) is 58.9 Å². The second-order valence-corrected chi connectivity index (χ2v) is 4.30. The highest BCUT2D eigenvalue weighted by Crippen LogP contribution is 2.33. The number of para-hydroxylation sites is 1. The number of hydrogen-bond donors (Lipinski definition) is 1. The lowest BCUT2D eigenvalue weighted by Gasteiger charge is -2.13. The molecular weight excluding hydrogens is 255 g/mol. The molecule has 1 atom stereocenters. The topological polar surface area (TPSA) is 29.5 Å². The van der Waals surface area contributed by atoms with Crippen molar-refractivity contribution in [3.63, 3.8) is 0 Å². The number of benzene rings is 2. The molecule has 0 aliphatic heterocycles. The molecular formula is C14H12ClFO2. The Hall–Kier alpha value is -1.58. The number of halogens is 2. The standard InChI is InChI=1S/C14H12ClFO2/c1-9(17)11-4-2-3-5-13(11)18-14-7-6-10(16)8-12(14)15/h2-9,17H,1H3/t9-/m1/s1. The first-order valence-corrected chi connectivity index (χ1v) is 5.85. The van der Waals surface area contributed by atoms with Crippen LogP contribution in [0.25, 0.3) is 0 Å². The van der Waals surface area contributed by atoms with Crippen molar-refractivity contribution in [2.24, 2.45) is 0 Å². The number of ether oxygens (including phenoxy) is 1. The van der Waals surface area contributed by atoms with Gasteiger partial charge in [0.15, 0.2) is 0 Å². The smallest absolute Gasteiger partial charge is 0.146 e. The van der Waals surface area contributed by atoms with E-state index in [4.69, 9.17) is 16.3 Å². The van der Waals surface area contributed by atoms with E-state index in [1.54, 1.807) is 31.2 Å². The van der Waals surface area contributed by atoms with Crippen LogP contribution in [-0.2, 0) is 0 Å². The van der Waals surface area contributed by atoms with Gasteiger partial charge in [-0.15, -0.1) is 0 Å². The third kappa shape index (κ3) is 2.81. The molecule has 1 N–H and O–H groups in total. The van der Waals surface area contributed by atoms with Crippen LogP contribution in [0.1, 0.15) is 18.6 Å². The summed E-state index contributed by atoms with van der Waals surface area (Å²) in [4.78, 5) is 0. The van der Waals surface area contributed by atoms with Crippen LogP contribution in [0.2, 0.25) is 5.02 Å². The quantitative estimate of drug-likeness (QED) is 0.896. The first-order chi connectivity index (χ1) is 8.58. The molecule has 2 aromatic carbocycles. The monoisotopic (exact) mass is 266 g/mol. The van der Waals surface area contributed by atoms with Crippen molar-refractivity contribution in [1.29, 1.82) is 0 Å². The van der Waals surface area contributed by atoms with E-state index in [0.717, 1.165) is 0 Å².